The van der Waals surface area contributed by atoms with Gasteiger partial charge in [-0.1, -0.05) is 0 Å². The lowest BCUT2D eigenvalue weighted by Crippen LogP contribution is -2.43. The average Bonchev–Trinajstić information content (AvgIpc) is 2.92. The predicted molar refractivity (Wildman–Crippen MR) is 70.1 cm³/mol. The first kappa shape index (κ1) is 13.3. The van der Waals surface area contributed by atoms with Crippen molar-refractivity contribution in [1.82, 2.24) is 20.3 Å². The van der Waals surface area contributed by atoms with Crippen LogP contribution in [0.4, 0.5) is 0 Å². The monoisotopic (exact) mass is 280 g/mol. The molecule has 4 atom stereocenters. The summed E-state index contributed by atoms with van der Waals surface area (Å²) in [7, 11) is 0. The molecule has 0 bridgehead atoms. The molecule has 0 spiro atoms. The minimum atomic E-state index is -1.48. The SMILES string of the molecule is C[C@@]1(O)[C@H](O)[C@@H](CO)N[C@H]1c1c[nH]c2c(=O)[nH]cnc12. The number of fused-ring (bicyclic) bond motifs is 1. The van der Waals surface area contributed by atoms with Crippen LogP contribution in [0.25, 0.3) is 11.0 Å². The van der Waals surface area contributed by atoms with Gasteiger partial charge in [0, 0.05) is 11.8 Å². The fourth-order valence-electron chi connectivity index (χ4n) is 2.80. The molecule has 0 radical (unpaired) electrons. The van der Waals surface area contributed by atoms with Crippen LogP contribution in [0.2, 0.25) is 0 Å². The van der Waals surface area contributed by atoms with E-state index >= 15 is 0 Å². The molecule has 1 fully saturated rings. The Morgan fingerprint density at radius 1 is 1.45 bits per heavy atom. The lowest BCUT2D eigenvalue weighted by atomic mass is 9.89. The van der Waals surface area contributed by atoms with E-state index in [9.17, 15) is 20.1 Å². The number of hydrogen-bond acceptors (Lipinski definition) is 6. The molecule has 8 heteroatoms. The van der Waals surface area contributed by atoms with Crippen LogP contribution in [0.1, 0.15) is 18.5 Å². The summed E-state index contributed by atoms with van der Waals surface area (Å²) in [4.78, 5) is 21.0. The number of hydrogen-bond donors (Lipinski definition) is 6. The van der Waals surface area contributed by atoms with Gasteiger partial charge in [-0.15, -0.1) is 0 Å². The molecule has 6 N–H and O–H groups in total. The number of nitrogens with zero attached hydrogens (tertiary/aromatic N) is 1. The highest BCUT2D eigenvalue weighted by Crippen LogP contribution is 2.38. The molecule has 0 saturated carbocycles. The zero-order valence-corrected chi connectivity index (χ0v) is 10.8. The molecule has 8 nitrogen and oxygen atoms in total. The van der Waals surface area contributed by atoms with Crippen molar-refractivity contribution in [1.29, 1.82) is 0 Å². The zero-order chi connectivity index (χ0) is 14.5. The van der Waals surface area contributed by atoms with Crippen LogP contribution in [-0.2, 0) is 0 Å². The molecular formula is C12H16N4O4. The zero-order valence-electron chi connectivity index (χ0n) is 10.8. The van der Waals surface area contributed by atoms with Gasteiger partial charge in [-0.25, -0.2) is 4.98 Å². The molecule has 108 valence electrons. The third kappa shape index (κ3) is 1.70. The van der Waals surface area contributed by atoms with E-state index in [1.54, 1.807) is 6.20 Å². The van der Waals surface area contributed by atoms with Gasteiger partial charge in [0.25, 0.3) is 5.56 Å². The predicted octanol–water partition coefficient (Wildman–Crippen LogP) is -1.63. The Bertz CT molecular complexity index is 692. The smallest absolute Gasteiger partial charge is 0.275 e. The molecule has 0 aliphatic carbocycles. The maximum absolute atomic E-state index is 11.7. The summed E-state index contributed by atoms with van der Waals surface area (Å²) >= 11 is 0. The maximum atomic E-state index is 11.7. The average molecular weight is 280 g/mol. The van der Waals surface area contributed by atoms with Crippen LogP contribution in [0.5, 0.6) is 0 Å². The van der Waals surface area contributed by atoms with Crippen molar-refractivity contribution < 1.29 is 15.3 Å². The highest BCUT2D eigenvalue weighted by atomic mass is 16.3. The molecule has 0 aromatic carbocycles. The third-order valence-corrected chi connectivity index (χ3v) is 3.95. The van der Waals surface area contributed by atoms with Crippen molar-refractivity contribution in [2.75, 3.05) is 6.61 Å². The molecule has 1 aliphatic rings. The van der Waals surface area contributed by atoms with Gasteiger partial charge in [-0.3, -0.25) is 10.1 Å². The van der Waals surface area contributed by atoms with E-state index in [-0.39, 0.29) is 12.2 Å². The lowest BCUT2D eigenvalue weighted by Gasteiger charge is -2.27. The highest BCUT2D eigenvalue weighted by Gasteiger charge is 2.51. The Morgan fingerprint density at radius 3 is 2.85 bits per heavy atom. The van der Waals surface area contributed by atoms with Crippen molar-refractivity contribution in [3.63, 3.8) is 0 Å². The summed E-state index contributed by atoms with van der Waals surface area (Å²) in [5.41, 5.74) is -0.476. The molecule has 2 aromatic rings. The van der Waals surface area contributed by atoms with Crippen molar-refractivity contribution in [2.45, 2.75) is 30.7 Å². The van der Waals surface area contributed by atoms with Gasteiger partial charge < -0.3 is 25.3 Å². The Hall–Kier alpha value is -1.74. The van der Waals surface area contributed by atoms with E-state index in [1.165, 1.54) is 13.3 Å². The third-order valence-electron chi connectivity index (χ3n) is 3.95. The second-order valence-electron chi connectivity index (χ2n) is 5.26. The molecule has 0 unspecified atom stereocenters. The topological polar surface area (TPSA) is 134 Å². The summed E-state index contributed by atoms with van der Waals surface area (Å²) in [5, 5.41) is 32.7. The Labute approximate surface area is 113 Å². The number of aliphatic hydroxyl groups is 3. The van der Waals surface area contributed by atoms with Crippen LogP contribution >= 0.6 is 0 Å². The van der Waals surface area contributed by atoms with Crippen molar-refractivity contribution >= 4 is 11.0 Å². The van der Waals surface area contributed by atoms with Gasteiger partial charge in [0.1, 0.15) is 22.7 Å². The van der Waals surface area contributed by atoms with Crippen molar-refractivity contribution in [3.8, 4) is 0 Å². The number of rotatable bonds is 2. The summed E-state index contributed by atoms with van der Waals surface area (Å²) in [6.45, 7) is 1.18. The van der Waals surface area contributed by atoms with E-state index < -0.39 is 23.8 Å². The Balaban J connectivity index is 2.12. The first-order chi connectivity index (χ1) is 9.46. The fraction of sp³-hybridized carbons (Fsp3) is 0.500. The molecule has 20 heavy (non-hydrogen) atoms. The standard InChI is InChI=1S/C12H16N4O4/c1-12(20)9(16-6(3-17)10(12)18)5-2-13-8-7(5)14-4-15-11(8)19/h2,4,6,9-10,13,16-18,20H,3H2,1H3,(H,14,15,19)/t6-,9+,10-,12+/m1/s1. The van der Waals surface area contributed by atoms with Gasteiger partial charge in [-0.2, -0.15) is 0 Å². The van der Waals surface area contributed by atoms with Crippen molar-refractivity contribution in [2.24, 2.45) is 0 Å². The first-order valence-corrected chi connectivity index (χ1v) is 6.28. The Morgan fingerprint density at radius 2 is 2.20 bits per heavy atom. The van der Waals surface area contributed by atoms with Crippen LogP contribution in [-0.4, -0.2) is 54.6 Å². The maximum Gasteiger partial charge on any atom is 0.275 e. The number of aromatic nitrogens is 3. The molecule has 0 amide bonds. The molecule has 1 aliphatic heterocycles. The number of aliphatic hydroxyl groups excluding tert-OH is 2. The van der Waals surface area contributed by atoms with Gasteiger partial charge in [0.15, 0.2) is 0 Å². The van der Waals surface area contributed by atoms with E-state index in [0.717, 1.165) is 0 Å². The minimum Gasteiger partial charge on any atom is -0.395 e. The van der Waals surface area contributed by atoms with Crippen molar-refractivity contribution in [3.05, 3.63) is 28.4 Å². The van der Waals surface area contributed by atoms with Crippen LogP contribution in [0.15, 0.2) is 17.3 Å². The Kier molecular flexibility index (Phi) is 2.91. The fourth-order valence-corrected chi connectivity index (χ4v) is 2.80. The van der Waals surface area contributed by atoms with E-state index in [1.807, 2.05) is 0 Å². The molecule has 1 saturated heterocycles. The second-order valence-corrected chi connectivity index (χ2v) is 5.26. The summed E-state index contributed by atoms with van der Waals surface area (Å²) in [6, 6.07) is -1.28. The highest BCUT2D eigenvalue weighted by molar-refractivity contribution is 5.78. The van der Waals surface area contributed by atoms with Crippen LogP contribution in [0.3, 0.4) is 0 Å². The van der Waals surface area contributed by atoms with Gasteiger partial charge in [-0.05, 0) is 6.92 Å². The minimum absolute atomic E-state index is 0.301. The van der Waals surface area contributed by atoms with E-state index in [2.05, 4.69) is 20.3 Å². The molecule has 3 rings (SSSR count). The summed E-state index contributed by atoms with van der Waals surface area (Å²) < 4.78 is 0. The number of aromatic amines is 2. The summed E-state index contributed by atoms with van der Waals surface area (Å²) in [6.07, 6.45) is 1.74. The van der Waals surface area contributed by atoms with E-state index in [4.69, 9.17) is 0 Å². The number of nitrogens with one attached hydrogen (secondary N) is 3. The second kappa shape index (κ2) is 4.38. The molecular weight excluding hydrogens is 264 g/mol. The largest absolute Gasteiger partial charge is 0.395 e. The normalized spacial score (nSPS) is 33.9. The number of H-pyrrole nitrogens is 2. The first-order valence-electron chi connectivity index (χ1n) is 6.28. The van der Waals surface area contributed by atoms with Crippen LogP contribution in [0, 0.1) is 0 Å². The van der Waals surface area contributed by atoms with E-state index in [0.29, 0.717) is 16.6 Å². The molecule has 3 heterocycles. The van der Waals surface area contributed by atoms with Gasteiger partial charge in [0.2, 0.25) is 0 Å². The van der Waals surface area contributed by atoms with Gasteiger partial charge in [0.05, 0.1) is 25.0 Å². The molecule has 2 aromatic heterocycles. The van der Waals surface area contributed by atoms with Crippen LogP contribution < -0.4 is 10.9 Å². The summed E-state index contributed by atoms with van der Waals surface area (Å²) in [5.74, 6) is 0. The quantitative estimate of drug-likeness (QED) is 0.391. The lowest BCUT2D eigenvalue weighted by molar-refractivity contribution is -0.0575. The van der Waals surface area contributed by atoms with Gasteiger partial charge >= 0.3 is 0 Å².